The molecule has 6 heteroatoms. The number of benzene rings is 1. The summed E-state index contributed by atoms with van der Waals surface area (Å²) < 4.78 is 11.8. The Hall–Kier alpha value is -2.05. The van der Waals surface area contributed by atoms with Crippen LogP contribution in [-0.2, 0) is 16.0 Å². The molecule has 0 bridgehead atoms. The van der Waals surface area contributed by atoms with Gasteiger partial charge in [0.15, 0.2) is 5.96 Å². The van der Waals surface area contributed by atoms with Crippen molar-refractivity contribution in [2.75, 3.05) is 50.8 Å². The Morgan fingerprint density at radius 3 is 2.57 bits per heavy atom. The Morgan fingerprint density at radius 2 is 1.90 bits per heavy atom. The number of anilines is 1. The van der Waals surface area contributed by atoms with Gasteiger partial charge in [-0.15, -0.1) is 0 Å². The highest BCUT2D eigenvalue weighted by atomic mass is 16.5. The van der Waals surface area contributed by atoms with Gasteiger partial charge in [0.25, 0.3) is 0 Å². The number of likely N-dealkylation sites (tertiary alicyclic amines) is 1. The van der Waals surface area contributed by atoms with Crippen LogP contribution in [0.2, 0.25) is 0 Å². The van der Waals surface area contributed by atoms with Crippen LogP contribution in [0.1, 0.15) is 38.2 Å². The molecule has 0 saturated carbocycles. The van der Waals surface area contributed by atoms with Crippen molar-refractivity contribution in [3.05, 3.63) is 42.0 Å². The first-order chi connectivity index (χ1) is 14.8. The minimum Gasteiger partial charge on any atom is -0.376 e. The molecule has 3 heterocycles. The zero-order chi connectivity index (χ0) is 20.6. The van der Waals surface area contributed by atoms with Crippen LogP contribution in [0.3, 0.4) is 0 Å². The Morgan fingerprint density at radius 1 is 1.13 bits per heavy atom. The fourth-order valence-electron chi connectivity index (χ4n) is 4.35. The molecule has 2 fully saturated rings. The molecule has 0 radical (unpaired) electrons. The van der Waals surface area contributed by atoms with E-state index in [1.807, 2.05) is 0 Å². The van der Waals surface area contributed by atoms with Gasteiger partial charge >= 0.3 is 0 Å². The Balaban J connectivity index is 1.26. The molecule has 1 unspecified atom stereocenters. The highest BCUT2D eigenvalue weighted by Crippen LogP contribution is 2.19. The average Bonchev–Trinajstić information content (AvgIpc) is 3.51. The molecule has 0 spiro atoms. The first kappa shape index (κ1) is 21.2. The quantitative estimate of drug-likeness (QED) is 0.423. The van der Waals surface area contributed by atoms with Crippen molar-refractivity contribution in [3.8, 4) is 0 Å². The predicted octanol–water partition coefficient (Wildman–Crippen LogP) is 3.19. The average molecular weight is 413 g/mol. The van der Waals surface area contributed by atoms with E-state index < -0.39 is 0 Å². The van der Waals surface area contributed by atoms with Crippen LogP contribution < -0.4 is 10.2 Å². The van der Waals surface area contributed by atoms with E-state index in [4.69, 9.17) is 14.5 Å². The SMILES string of the molecule is CCNC(=NCc1ccc(N2CC=CC2)cc1)N1CCC(OCC2CCCO2)CC1. The summed E-state index contributed by atoms with van der Waals surface area (Å²) in [4.78, 5) is 9.65. The second-order valence-electron chi connectivity index (χ2n) is 8.37. The summed E-state index contributed by atoms with van der Waals surface area (Å²) in [6.45, 7) is 9.36. The van der Waals surface area contributed by atoms with Crippen molar-refractivity contribution in [1.82, 2.24) is 10.2 Å². The van der Waals surface area contributed by atoms with Crippen LogP contribution in [0, 0.1) is 0 Å². The number of nitrogens with one attached hydrogen (secondary N) is 1. The lowest BCUT2D eigenvalue weighted by atomic mass is 10.1. The van der Waals surface area contributed by atoms with Crippen molar-refractivity contribution in [2.45, 2.75) is 51.4 Å². The molecule has 0 amide bonds. The molecule has 1 N–H and O–H groups in total. The number of rotatable bonds is 7. The second-order valence-corrected chi connectivity index (χ2v) is 8.37. The smallest absolute Gasteiger partial charge is 0.194 e. The van der Waals surface area contributed by atoms with Crippen LogP contribution in [0.5, 0.6) is 0 Å². The molecule has 1 aromatic rings. The van der Waals surface area contributed by atoms with Crippen LogP contribution in [0.4, 0.5) is 5.69 Å². The Kier molecular flexibility index (Phi) is 7.65. The predicted molar refractivity (Wildman–Crippen MR) is 122 cm³/mol. The third kappa shape index (κ3) is 5.76. The van der Waals surface area contributed by atoms with Crippen molar-refractivity contribution >= 4 is 11.6 Å². The number of nitrogens with zero attached hydrogens (tertiary/aromatic N) is 3. The number of hydrogen-bond acceptors (Lipinski definition) is 4. The van der Waals surface area contributed by atoms with Gasteiger partial charge in [-0.2, -0.15) is 0 Å². The van der Waals surface area contributed by atoms with E-state index in [0.29, 0.717) is 18.8 Å². The number of hydrogen-bond donors (Lipinski definition) is 1. The lowest BCUT2D eigenvalue weighted by Gasteiger charge is -2.34. The standard InChI is InChI=1S/C24H36N4O2/c1-2-25-24(26-18-20-7-9-21(10-8-20)27-13-3-4-14-27)28-15-11-22(12-16-28)30-19-23-6-5-17-29-23/h3-4,7-10,22-23H,2,5-6,11-19H2,1H3,(H,25,26). The lowest BCUT2D eigenvalue weighted by molar-refractivity contribution is -0.0367. The second kappa shape index (κ2) is 10.8. The Bertz CT molecular complexity index is 696. The summed E-state index contributed by atoms with van der Waals surface area (Å²) in [5.41, 5.74) is 2.53. The highest BCUT2D eigenvalue weighted by molar-refractivity contribution is 5.80. The molecule has 3 aliphatic rings. The first-order valence-corrected chi connectivity index (χ1v) is 11.6. The maximum absolute atomic E-state index is 6.12. The van der Waals surface area contributed by atoms with E-state index in [2.05, 4.69) is 58.5 Å². The summed E-state index contributed by atoms with van der Waals surface area (Å²) in [6.07, 6.45) is 9.52. The van der Waals surface area contributed by atoms with Crippen LogP contribution in [0.15, 0.2) is 41.4 Å². The van der Waals surface area contributed by atoms with Gasteiger partial charge in [-0.25, -0.2) is 4.99 Å². The van der Waals surface area contributed by atoms with E-state index in [-0.39, 0.29) is 0 Å². The molecule has 2 saturated heterocycles. The van der Waals surface area contributed by atoms with Crippen LogP contribution in [-0.4, -0.2) is 69.0 Å². The van der Waals surface area contributed by atoms with Gasteiger partial charge in [-0.3, -0.25) is 0 Å². The van der Waals surface area contributed by atoms with E-state index in [1.165, 1.54) is 17.7 Å². The molecule has 1 atom stereocenters. The number of ether oxygens (including phenoxy) is 2. The fraction of sp³-hybridized carbons (Fsp3) is 0.625. The van der Waals surface area contributed by atoms with Gasteiger partial charge in [0.2, 0.25) is 0 Å². The van der Waals surface area contributed by atoms with E-state index in [9.17, 15) is 0 Å². The molecule has 3 aliphatic heterocycles. The zero-order valence-corrected chi connectivity index (χ0v) is 18.3. The van der Waals surface area contributed by atoms with Crippen LogP contribution >= 0.6 is 0 Å². The lowest BCUT2D eigenvalue weighted by Crippen LogP contribution is -2.47. The first-order valence-electron chi connectivity index (χ1n) is 11.6. The maximum Gasteiger partial charge on any atom is 0.194 e. The summed E-state index contributed by atoms with van der Waals surface area (Å²) in [7, 11) is 0. The third-order valence-corrected chi connectivity index (χ3v) is 6.15. The topological polar surface area (TPSA) is 49.3 Å². The molecule has 0 aliphatic carbocycles. The monoisotopic (exact) mass is 412 g/mol. The minimum absolute atomic E-state index is 0.315. The molecule has 0 aromatic heterocycles. The third-order valence-electron chi connectivity index (χ3n) is 6.15. The van der Waals surface area contributed by atoms with Gasteiger partial charge in [-0.05, 0) is 50.3 Å². The van der Waals surface area contributed by atoms with Gasteiger partial charge in [0.1, 0.15) is 0 Å². The molecular weight excluding hydrogens is 376 g/mol. The molecule has 1 aromatic carbocycles. The van der Waals surface area contributed by atoms with E-state index in [1.54, 1.807) is 0 Å². The van der Waals surface area contributed by atoms with Gasteiger partial charge < -0.3 is 24.6 Å². The highest BCUT2D eigenvalue weighted by Gasteiger charge is 2.24. The summed E-state index contributed by atoms with van der Waals surface area (Å²) in [5.74, 6) is 1.02. The maximum atomic E-state index is 6.12. The van der Waals surface area contributed by atoms with Gasteiger partial charge in [-0.1, -0.05) is 24.3 Å². The fourth-order valence-corrected chi connectivity index (χ4v) is 4.35. The molecule has 164 valence electrons. The summed E-state index contributed by atoms with van der Waals surface area (Å²) in [5, 5.41) is 3.47. The van der Waals surface area contributed by atoms with Crippen molar-refractivity contribution in [2.24, 2.45) is 4.99 Å². The summed E-state index contributed by atoms with van der Waals surface area (Å²) in [6, 6.07) is 8.82. The van der Waals surface area contributed by atoms with E-state index >= 15 is 0 Å². The zero-order valence-electron chi connectivity index (χ0n) is 18.3. The van der Waals surface area contributed by atoms with Crippen molar-refractivity contribution in [1.29, 1.82) is 0 Å². The molecule has 4 rings (SSSR count). The van der Waals surface area contributed by atoms with Crippen molar-refractivity contribution in [3.63, 3.8) is 0 Å². The van der Waals surface area contributed by atoms with Gasteiger partial charge in [0.05, 0.1) is 25.4 Å². The number of piperidine rings is 1. The van der Waals surface area contributed by atoms with Crippen molar-refractivity contribution < 1.29 is 9.47 Å². The van der Waals surface area contributed by atoms with E-state index in [0.717, 1.165) is 71.2 Å². The largest absolute Gasteiger partial charge is 0.376 e. The summed E-state index contributed by atoms with van der Waals surface area (Å²) >= 11 is 0. The number of aliphatic imine (C=N–C) groups is 1. The normalized spacial score (nSPS) is 22.8. The van der Waals surface area contributed by atoms with Crippen LogP contribution in [0.25, 0.3) is 0 Å². The molecule has 6 nitrogen and oxygen atoms in total. The molecular formula is C24H36N4O2. The number of guanidine groups is 1. The Labute approximate surface area is 180 Å². The molecule has 30 heavy (non-hydrogen) atoms. The van der Waals surface area contributed by atoms with Gasteiger partial charge in [0, 0.05) is 45.0 Å². The minimum atomic E-state index is 0.315.